The second-order valence-electron chi connectivity index (χ2n) is 6.22. The molecule has 1 heterocycles. The van der Waals surface area contributed by atoms with Crippen LogP contribution in [0.4, 0.5) is 0 Å². The third-order valence-corrected chi connectivity index (χ3v) is 4.71. The van der Waals surface area contributed by atoms with Crippen molar-refractivity contribution in [3.8, 4) is 0 Å². The Balaban J connectivity index is 1.64. The standard InChI is InChI=1S/C17H25N3/c18-16(20-12-6-1-2-7-13-20)19-14-17(10-11-17)15-8-4-3-5-9-15/h3-5,8-9H,1-2,6-7,10-14H2,(H2,18,19). The summed E-state index contributed by atoms with van der Waals surface area (Å²) in [7, 11) is 0. The minimum atomic E-state index is 0.276. The maximum absolute atomic E-state index is 6.21. The lowest BCUT2D eigenvalue weighted by atomic mass is 9.96. The van der Waals surface area contributed by atoms with Crippen LogP contribution in [0, 0.1) is 0 Å². The van der Waals surface area contributed by atoms with Gasteiger partial charge in [-0.15, -0.1) is 0 Å². The van der Waals surface area contributed by atoms with Gasteiger partial charge < -0.3 is 10.6 Å². The van der Waals surface area contributed by atoms with Crippen molar-refractivity contribution >= 4 is 5.96 Å². The summed E-state index contributed by atoms with van der Waals surface area (Å²) in [5.41, 5.74) is 7.91. The quantitative estimate of drug-likeness (QED) is 0.678. The molecular formula is C17H25N3. The number of likely N-dealkylation sites (tertiary alicyclic amines) is 1. The first-order valence-corrected chi connectivity index (χ1v) is 7.91. The maximum atomic E-state index is 6.21. The van der Waals surface area contributed by atoms with Crippen LogP contribution in [0.15, 0.2) is 35.3 Å². The average Bonchev–Trinajstić information content (AvgIpc) is 3.30. The van der Waals surface area contributed by atoms with Crippen LogP contribution >= 0.6 is 0 Å². The van der Waals surface area contributed by atoms with E-state index < -0.39 is 0 Å². The lowest BCUT2D eigenvalue weighted by Crippen LogP contribution is -2.38. The average molecular weight is 271 g/mol. The van der Waals surface area contributed by atoms with Gasteiger partial charge in [-0.2, -0.15) is 0 Å². The Morgan fingerprint density at radius 1 is 1.05 bits per heavy atom. The summed E-state index contributed by atoms with van der Waals surface area (Å²) < 4.78 is 0. The molecule has 20 heavy (non-hydrogen) atoms. The molecule has 3 heteroatoms. The molecule has 0 atom stereocenters. The van der Waals surface area contributed by atoms with Gasteiger partial charge in [-0.05, 0) is 31.2 Å². The fraction of sp³-hybridized carbons (Fsp3) is 0.588. The highest BCUT2D eigenvalue weighted by molar-refractivity contribution is 5.78. The summed E-state index contributed by atoms with van der Waals surface area (Å²) in [5, 5.41) is 0. The van der Waals surface area contributed by atoms with Crippen molar-refractivity contribution < 1.29 is 0 Å². The third-order valence-electron chi connectivity index (χ3n) is 4.71. The molecule has 0 unspecified atom stereocenters. The van der Waals surface area contributed by atoms with E-state index in [-0.39, 0.29) is 5.41 Å². The van der Waals surface area contributed by atoms with E-state index in [0.29, 0.717) is 0 Å². The van der Waals surface area contributed by atoms with Crippen LogP contribution in [0.1, 0.15) is 44.1 Å². The van der Waals surface area contributed by atoms with Crippen molar-refractivity contribution in [2.24, 2.45) is 10.7 Å². The molecule has 1 aromatic carbocycles. The molecule has 0 spiro atoms. The topological polar surface area (TPSA) is 41.6 Å². The first kappa shape index (κ1) is 13.5. The lowest BCUT2D eigenvalue weighted by Gasteiger charge is -2.22. The van der Waals surface area contributed by atoms with E-state index in [4.69, 9.17) is 10.7 Å². The van der Waals surface area contributed by atoms with Crippen LogP contribution < -0.4 is 5.73 Å². The molecular weight excluding hydrogens is 246 g/mol. The van der Waals surface area contributed by atoms with Crippen LogP contribution in [0.5, 0.6) is 0 Å². The molecule has 1 aliphatic carbocycles. The van der Waals surface area contributed by atoms with E-state index in [1.54, 1.807) is 0 Å². The van der Waals surface area contributed by atoms with Crippen molar-refractivity contribution in [1.82, 2.24) is 4.90 Å². The highest BCUT2D eigenvalue weighted by atomic mass is 15.2. The Hall–Kier alpha value is -1.51. The van der Waals surface area contributed by atoms with Gasteiger partial charge in [0.1, 0.15) is 0 Å². The molecule has 0 aromatic heterocycles. The Bertz CT molecular complexity index is 454. The van der Waals surface area contributed by atoms with E-state index >= 15 is 0 Å². The molecule has 1 saturated carbocycles. The Morgan fingerprint density at radius 2 is 1.70 bits per heavy atom. The summed E-state index contributed by atoms with van der Waals surface area (Å²) in [5.74, 6) is 0.758. The molecule has 108 valence electrons. The van der Waals surface area contributed by atoms with Crippen molar-refractivity contribution in [2.75, 3.05) is 19.6 Å². The van der Waals surface area contributed by atoms with Crippen LogP contribution in [0.3, 0.4) is 0 Å². The molecule has 0 bridgehead atoms. The maximum Gasteiger partial charge on any atom is 0.191 e. The lowest BCUT2D eigenvalue weighted by molar-refractivity contribution is 0.427. The van der Waals surface area contributed by atoms with Crippen molar-refractivity contribution in [3.63, 3.8) is 0 Å². The van der Waals surface area contributed by atoms with Crippen LogP contribution in [0.25, 0.3) is 0 Å². The zero-order valence-corrected chi connectivity index (χ0v) is 12.2. The number of nitrogens with zero attached hydrogens (tertiary/aromatic N) is 2. The van der Waals surface area contributed by atoms with E-state index in [0.717, 1.165) is 25.6 Å². The highest BCUT2D eigenvalue weighted by Crippen LogP contribution is 2.48. The van der Waals surface area contributed by atoms with Gasteiger partial charge in [0.2, 0.25) is 0 Å². The predicted molar refractivity (Wildman–Crippen MR) is 83.9 cm³/mol. The van der Waals surface area contributed by atoms with E-state index in [9.17, 15) is 0 Å². The number of guanidine groups is 1. The number of nitrogens with two attached hydrogens (primary N) is 1. The first-order chi connectivity index (χ1) is 9.80. The second kappa shape index (κ2) is 5.86. The van der Waals surface area contributed by atoms with Crippen molar-refractivity contribution in [1.29, 1.82) is 0 Å². The zero-order chi connectivity index (χ0) is 13.8. The Kier molecular flexibility index (Phi) is 3.95. The SMILES string of the molecule is NC(=NCC1(c2ccccc2)CC1)N1CCCCCC1. The molecule has 1 saturated heterocycles. The van der Waals surface area contributed by atoms with Gasteiger partial charge >= 0.3 is 0 Å². The molecule has 0 radical (unpaired) electrons. The number of rotatable bonds is 3. The predicted octanol–water partition coefficient (Wildman–Crippen LogP) is 2.91. The molecule has 2 N–H and O–H groups in total. The van der Waals surface area contributed by atoms with Gasteiger partial charge in [-0.1, -0.05) is 43.2 Å². The fourth-order valence-electron chi connectivity index (χ4n) is 3.11. The van der Waals surface area contributed by atoms with Crippen LogP contribution in [-0.2, 0) is 5.41 Å². The number of aliphatic imine (C=N–C) groups is 1. The Labute approximate surface area is 121 Å². The summed E-state index contributed by atoms with van der Waals surface area (Å²) in [6.07, 6.45) is 7.65. The minimum absolute atomic E-state index is 0.276. The fourth-order valence-corrected chi connectivity index (χ4v) is 3.11. The van der Waals surface area contributed by atoms with Crippen molar-refractivity contribution in [3.05, 3.63) is 35.9 Å². The summed E-state index contributed by atoms with van der Waals surface area (Å²) in [6, 6.07) is 10.8. The molecule has 3 rings (SSSR count). The monoisotopic (exact) mass is 271 g/mol. The third kappa shape index (κ3) is 2.97. The molecule has 3 nitrogen and oxygen atoms in total. The Morgan fingerprint density at radius 3 is 2.30 bits per heavy atom. The van der Waals surface area contributed by atoms with Gasteiger partial charge in [0, 0.05) is 18.5 Å². The first-order valence-electron chi connectivity index (χ1n) is 7.91. The molecule has 2 aliphatic rings. The van der Waals surface area contributed by atoms with Crippen LogP contribution in [0.2, 0.25) is 0 Å². The summed E-state index contributed by atoms with van der Waals surface area (Å²) >= 11 is 0. The molecule has 1 aromatic rings. The molecule has 0 amide bonds. The van der Waals surface area contributed by atoms with Gasteiger partial charge in [0.15, 0.2) is 5.96 Å². The van der Waals surface area contributed by atoms with Crippen molar-refractivity contribution in [2.45, 2.75) is 43.9 Å². The zero-order valence-electron chi connectivity index (χ0n) is 12.2. The number of benzene rings is 1. The second-order valence-corrected chi connectivity index (χ2v) is 6.22. The van der Waals surface area contributed by atoms with Gasteiger partial charge in [0.05, 0.1) is 6.54 Å². The minimum Gasteiger partial charge on any atom is -0.370 e. The van der Waals surface area contributed by atoms with E-state index in [1.807, 2.05) is 0 Å². The van der Waals surface area contributed by atoms with Gasteiger partial charge in [0.25, 0.3) is 0 Å². The summed E-state index contributed by atoms with van der Waals surface area (Å²) in [6.45, 7) is 3.00. The normalized spacial score (nSPS) is 22.4. The molecule has 2 fully saturated rings. The molecule has 1 aliphatic heterocycles. The van der Waals surface area contributed by atoms with E-state index in [1.165, 1.54) is 44.1 Å². The number of hydrogen-bond donors (Lipinski definition) is 1. The number of hydrogen-bond acceptors (Lipinski definition) is 1. The summed E-state index contributed by atoms with van der Waals surface area (Å²) in [4.78, 5) is 6.99. The van der Waals surface area contributed by atoms with Gasteiger partial charge in [-0.3, -0.25) is 4.99 Å². The smallest absolute Gasteiger partial charge is 0.191 e. The largest absolute Gasteiger partial charge is 0.370 e. The van der Waals surface area contributed by atoms with Crippen LogP contribution in [-0.4, -0.2) is 30.5 Å². The van der Waals surface area contributed by atoms with E-state index in [2.05, 4.69) is 35.2 Å². The van der Waals surface area contributed by atoms with Gasteiger partial charge in [-0.25, -0.2) is 0 Å². The highest BCUT2D eigenvalue weighted by Gasteiger charge is 2.44.